The van der Waals surface area contributed by atoms with E-state index in [0.29, 0.717) is 12.8 Å². The van der Waals surface area contributed by atoms with Gasteiger partial charge < -0.3 is 10.2 Å². The van der Waals surface area contributed by atoms with Gasteiger partial charge in [0.05, 0.1) is 11.7 Å². The van der Waals surface area contributed by atoms with Crippen LogP contribution >= 0.6 is 0 Å². The van der Waals surface area contributed by atoms with Crippen molar-refractivity contribution in [3.05, 3.63) is 12.2 Å². The van der Waals surface area contributed by atoms with Gasteiger partial charge in [0.15, 0.2) is 0 Å². The molecule has 11 heavy (non-hydrogen) atoms. The van der Waals surface area contributed by atoms with E-state index in [1.807, 2.05) is 13.8 Å². The summed E-state index contributed by atoms with van der Waals surface area (Å²) in [7, 11) is 0. The molecule has 0 bridgehead atoms. The topological polar surface area (TPSA) is 40.5 Å². The van der Waals surface area contributed by atoms with E-state index in [0.717, 1.165) is 5.57 Å². The molecule has 0 aliphatic carbocycles. The van der Waals surface area contributed by atoms with Crippen molar-refractivity contribution >= 4 is 0 Å². The molecule has 0 aromatic heterocycles. The Labute approximate surface area is 68.6 Å². The Hall–Kier alpha value is -0.340. The Bertz CT molecular complexity index is 138. The lowest BCUT2D eigenvalue weighted by atomic mass is 9.92. The Kier molecular flexibility index (Phi) is 3.76. The van der Waals surface area contributed by atoms with Crippen LogP contribution < -0.4 is 0 Å². The van der Waals surface area contributed by atoms with Crippen LogP contribution in [0.2, 0.25) is 0 Å². The molecule has 0 fully saturated rings. The molecule has 0 aliphatic heterocycles. The zero-order valence-corrected chi connectivity index (χ0v) is 7.59. The summed E-state index contributed by atoms with van der Waals surface area (Å²) in [5.41, 5.74) is -0.0786. The standard InChI is InChI=1S/C9H18O2/c1-5-9(4,11)8(10)6-7(2)3/h8,10-11H,2,5-6H2,1,3-4H3. The fraction of sp³-hybridized carbons (Fsp3) is 0.778. The Morgan fingerprint density at radius 2 is 2.09 bits per heavy atom. The smallest absolute Gasteiger partial charge is 0.0878 e. The van der Waals surface area contributed by atoms with Crippen LogP contribution in [0.15, 0.2) is 12.2 Å². The minimum atomic E-state index is -0.973. The van der Waals surface area contributed by atoms with E-state index >= 15 is 0 Å². The van der Waals surface area contributed by atoms with Gasteiger partial charge in [0.2, 0.25) is 0 Å². The van der Waals surface area contributed by atoms with Crippen LogP contribution in [0.4, 0.5) is 0 Å². The number of rotatable bonds is 4. The summed E-state index contributed by atoms with van der Waals surface area (Å²) in [5, 5.41) is 19.0. The molecule has 0 radical (unpaired) electrons. The van der Waals surface area contributed by atoms with Crippen LogP contribution in [-0.4, -0.2) is 21.9 Å². The van der Waals surface area contributed by atoms with Crippen molar-refractivity contribution in [3.8, 4) is 0 Å². The van der Waals surface area contributed by atoms with E-state index in [1.54, 1.807) is 6.92 Å². The zero-order valence-electron chi connectivity index (χ0n) is 7.59. The summed E-state index contributed by atoms with van der Waals surface area (Å²) in [5.74, 6) is 0. The van der Waals surface area contributed by atoms with Gasteiger partial charge in [-0.1, -0.05) is 12.5 Å². The third kappa shape index (κ3) is 3.54. The van der Waals surface area contributed by atoms with Crippen molar-refractivity contribution in [2.24, 2.45) is 0 Å². The van der Waals surface area contributed by atoms with E-state index in [4.69, 9.17) is 0 Å². The lowest BCUT2D eigenvalue weighted by Gasteiger charge is -2.27. The molecular formula is C9H18O2. The highest BCUT2D eigenvalue weighted by Crippen LogP contribution is 2.19. The van der Waals surface area contributed by atoms with Gasteiger partial charge in [-0.15, -0.1) is 6.58 Å². The molecule has 0 aliphatic rings. The van der Waals surface area contributed by atoms with E-state index < -0.39 is 11.7 Å². The summed E-state index contributed by atoms with van der Waals surface area (Å²) < 4.78 is 0. The van der Waals surface area contributed by atoms with Crippen LogP contribution in [0.3, 0.4) is 0 Å². The minimum absolute atomic E-state index is 0.473. The van der Waals surface area contributed by atoms with Crippen molar-refractivity contribution in [3.63, 3.8) is 0 Å². The Morgan fingerprint density at radius 1 is 1.64 bits per heavy atom. The summed E-state index contributed by atoms with van der Waals surface area (Å²) >= 11 is 0. The largest absolute Gasteiger partial charge is 0.390 e. The second-order valence-corrected chi connectivity index (χ2v) is 3.39. The monoisotopic (exact) mass is 158 g/mol. The van der Waals surface area contributed by atoms with E-state index in [-0.39, 0.29) is 0 Å². The second kappa shape index (κ2) is 3.88. The van der Waals surface area contributed by atoms with Crippen LogP contribution in [0, 0.1) is 0 Å². The predicted octanol–water partition coefficient (Wildman–Crippen LogP) is 1.47. The number of hydrogen-bond acceptors (Lipinski definition) is 2. The van der Waals surface area contributed by atoms with Crippen LogP contribution in [0.5, 0.6) is 0 Å². The molecule has 2 N–H and O–H groups in total. The average molecular weight is 158 g/mol. The molecule has 0 heterocycles. The normalized spacial score (nSPS) is 19.0. The molecule has 66 valence electrons. The number of hydrogen-bond donors (Lipinski definition) is 2. The fourth-order valence-electron chi connectivity index (χ4n) is 0.786. The van der Waals surface area contributed by atoms with Gasteiger partial charge in [0.1, 0.15) is 0 Å². The molecular weight excluding hydrogens is 140 g/mol. The molecule has 0 saturated heterocycles. The first-order valence-electron chi connectivity index (χ1n) is 3.95. The molecule has 0 saturated carbocycles. The molecule has 0 aromatic rings. The lowest BCUT2D eigenvalue weighted by Crippen LogP contribution is -2.38. The molecule has 2 heteroatoms. The minimum Gasteiger partial charge on any atom is -0.390 e. The average Bonchev–Trinajstić information content (AvgIpc) is 1.86. The SMILES string of the molecule is C=C(C)CC(O)C(C)(O)CC. The van der Waals surface area contributed by atoms with Gasteiger partial charge in [-0.25, -0.2) is 0 Å². The third-order valence-corrected chi connectivity index (χ3v) is 1.98. The Morgan fingerprint density at radius 3 is 2.36 bits per heavy atom. The maximum Gasteiger partial charge on any atom is 0.0878 e. The predicted molar refractivity (Wildman–Crippen MR) is 46.4 cm³/mol. The number of aliphatic hydroxyl groups is 2. The van der Waals surface area contributed by atoms with Crippen molar-refractivity contribution in [2.45, 2.75) is 45.3 Å². The molecule has 2 nitrogen and oxygen atoms in total. The lowest BCUT2D eigenvalue weighted by molar-refractivity contribution is -0.0628. The van der Waals surface area contributed by atoms with Gasteiger partial charge in [0, 0.05) is 0 Å². The van der Waals surface area contributed by atoms with Crippen molar-refractivity contribution in [2.75, 3.05) is 0 Å². The van der Waals surface area contributed by atoms with Crippen molar-refractivity contribution in [1.29, 1.82) is 0 Å². The first-order chi connectivity index (χ1) is 4.90. The second-order valence-electron chi connectivity index (χ2n) is 3.39. The van der Waals surface area contributed by atoms with E-state index in [1.165, 1.54) is 0 Å². The van der Waals surface area contributed by atoms with Gasteiger partial charge in [-0.2, -0.15) is 0 Å². The van der Waals surface area contributed by atoms with Gasteiger partial charge in [0.25, 0.3) is 0 Å². The van der Waals surface area contributed by atoms with Crippen LogP contribution in [-0.2, 0) is 0 Å². The summed E-state index contributed by atoms with van der Waals surface area (Å²) in [6.07, 6.45) is 0.340. The highest BCUT2D eigenvalue weighted by molar-refractivity contribution is 4.95. The summed E-state index contributed by atoms with van der Waals surface area (Å²) in [6.45, 7) is 9.00. The van der Waals surface area contributed by atoms with Crippen molar-refractivity contribution < 1.29 is 10.2 Å². The van der Waals surface area contributed by atoms with Gasteiger partial charge in [-0.3, -0.25) is 0 Å². The molecule has 0 rings (SSSR count). The zero-order chi connectivity index (χ0) is 9.07. The van der Waals surface area contributed by atoms with Crippen LogP contribution in [0.1, 0.15) is 33.6 Å². The first kappa shape index (κ1) is 10.7. The van der Waals surface area contributed by atoms with Crippen molar-refractivity contribution in [1.82, 2.24) is 0 Å². The maximum absolute atomic E-state index is 9.55. The molecule has 2 atom stereocenters. The first-order valence-corrected chi connectivity index (χ1v) is 3.95. The van der Waals surface area contributed by atoms with E-state index in [9.17, 15) is 10.2 Å². The third-order valence-electron chi connectivity index (χ3n) is 1.98. The number of aliphatic hydroxyl groups excluding tert-OH is 1. The highest BCUT2D eigenvalue weighted by Gasteiger charge is 2.27. The Balaban J connectivity index is 4.01. The molecule has 0 spiro atoms. The maximum atomic E-state index is 9.55. The summed E-state index contributed by atoms with van der Waals surface area (Å²) in [4.78, 5) is 0. The quantitative estimate of drug-likeness (QED) is 0.608. The molecule has 2 unspecified atom stereocenters. The fourth-order valence-corrected chi connectivity index (χ4v) is 0.786. The van der Waals surface area contributed by atoms with Gasteiger partial charge >= 0.3 is 0 Å². The molecule has 0 aromatic carbocycles. The van der Waals surface area contributed by atoms with Crippen LogP contribution in [0.25, 0.3) is 0 Å². The summed E-state index contributed by atoms with van der Waals surface area (Å²) in [6, 6.07) is 0. The molecule has 0 amide bonds. The van der Waals surface area contributed by atoms with Gasteiger partial charge in [-0.05, 0) is 26.7 Å². The highest BCUT2D eigenvalue weighted by atomic mass is 16.3. The van der Waals surface area contributed by atoms with E-state index in [2.05, 4.69) is 6.58 Å².